The summed E-state index contributed by atoms with van der Waals surface area (Å²) in [5, 5.41) is 9.80. The highest BCUT2D eigenvalue weighted by Crippen LogP contribution is 2.31. The molecule has 3 heterocycles. The number of ether oxygens (including phenoxy) is 1. The van der Waals surface area contributed by atoms with Crippen molar-refractivity contribution in [1.82, 2.24) is 4.57 Å². The number of carbonyl (C=O) groups excluding carboxylic acids is 1. The number of allylic oxidation sites excluding steroid dienone is 1. The maximum absolute atomic E-state index is 13.7. The van der Waals surface area contributed by atoms with Gasteiger partial charge in [-0.2, -0.15) is 0 Å². The quantitative estimate of drug-likeness (QED) is 0.357. The Hall–Kier alpha value is -4.21. The van der Waals surface area contributed by atoms with E-state index in [9.17, 15) is 19.5 Å². The first kappa shape index (κ1) is 25.4. The molecule has 2 aromatic heterocycles. The van der Waals surface area contributed by atoms with Gasteiger partial charge in [-0.15, -0.1) is 0 Å². The van der Waals surface area contributed by atoms with Crippen molar-refractivity contribution in [3.05, 3.63) is 114 Å². The number of furan rings is 1. The molecular formula is C28H21ClN2O6S. The van der Waals surface area contributed by atoms with Crippen molar-refractivity contribution in [2.24, 2.45) is 4.99 Å². The van der Waals surface area contributed by atoms with E-state index in [1.54, 1.807) is 68.5 Å². The Morgan fingerprint density at radius 1 is 1.18 bits per heavy atom. The molecule has 192 valence electrons. The van der Waals surface area contributed by atoms with Gasteiger partial charge in [-0.3, -0.25) is 9.36 Å². The fourth-order valence-electron chi connectivity index (χ4n) is 4.27. The number of hydrogen-bond acceptors (Lipinski definition) is 7. The number of carboxylic acid groups (broad SMARTS) is 1. The van der Waals surface area contributed by atoms with Crippen LogP contribution in [0.15, 0.2) is 86.1 Å². The molecule has 1 N–H and O–H groups in total. The smallest absolute Gasteiger partial charge is 0.338 e. The largest absolute Gasteiger partial charge is 0.478 e. The zero-order valence-corrected chi connectivity index (χ0v) is 21.9. The van der Waals surface area contributed by atoms with Crippen LogP contribution in [0.25, 0.3) is 17.4 Å². The van der Waals surface area contributed by atoms with Crippen LogP contribution in [0.3, 0.4) is 0 Å². The van der Waals surface area contributed by atoms with Gasteiger partial charge in [0.25, 0.3) is 5.56 Å². The number of esters is 1. The Morgan fingerprint density at radius 3 is 2.66 bits per heavy atom. The van der Waals surface area contributed by atoms with E-state index in [4.69, 9.17) is 20.8 Å². The maximum atomic E-state index is 13.7. The first-order chi connectivity index (χ1) is 18.3. The van der Waals surface area contributed by atoms with Gasteiger partial charge in [-0.1, -0.05) is 47.2 Å². The van der Waals surface area contributed by atoms with Crippen LogP contribution in [-0.4, -0.2) is 28.2 Å². The fourth-order valence-corrected chi connectivity index (χ4v) is 5.42. The average Bonchev–Trinajstić information content (AvgIpc) is 3.48. The maximum Gasteiger partial charge on any atom is 0.338 e. The summed E-state index contributed by atoms with van der Waals surface area (Å²) in [7, 11) is 0. The van der Waals surface area contributed by atoms with E-state index in [0.717, 1.165) is 0 Å². The second-order valence-corrected chi connectivity index (χ2v) is 9.89. The molecule has 0 fully saturated rings. The highest BCUT2D eigenvalue weighted by Gasteiger charge is 2.33. The van der Waals surface area contributed by atoms with Gasteiger partial charge in [-0.25, -0.2) is 14.6 Å². The molecule has 0 saturated heterocycles. The van der Waals surface area contributed by atoms with Crippen LogP contribution in [0.1, 0.15) is 41.6 Å². The molecule has 8 nitrogen and oxygen atoms in total. The molecule has 0 aliphatic carbocycles. The lowest BCUT2D eigenvalue weighted by Gasteiger charge is -2.24. The lowest BCUT2D eigenvalue weighted by atomic mass is 9.96. The van der Waals surface area contributed by atoms with Gasteiger partial charge in [0.1, 0.15) is 11.5 Å². The number of carboxylic acids is 1. The summed E-state index contributed by atoms with van der Waals surface area (Å²) in [5.41, 5.74) is 1.85. The number of fused-ring (bicyclic) bond motifs is 1. The monoisotopic (exact) mass is 548 g/mol. The van der Waals surface area contributed by atoms with E-state index >= 15 is 0 Å². The van der Waals surface area contributed by atoms with Crippen LogP contribution in [0.4, 0.5) is 0 Å². The number of aromatic nitrogens is 1. The van der Waals surface area contributed by atoms with Crippen molar-refractivity contribution in [2.75, 3.05) is 6.61 Å². The first-order valence-corrected chi connectivity index (χ1v) is 12.8. The summed E-state index contributed by atoms with van der Waals surface area (Å²) < 4.78 is 13.1. The molecule has 0 bridgehead atoms. The third-order valence-electron chi connectivity index (χ3n) is 6.00. The van der Waals surface area contributed by atoms with E-state index in [-0.39, 0.29) is 23.3 Å². The van der Waals surface area contributed by atoms with Crippen LogP contribution in [0, 0.1) is 0 Å². The first-order valence-electron chi connectivity index (χ1n) is 11.7. The lowest BCUT2D eigenvalue weighted by Crippen LogP contribution is -2.39. The minimum Gasteiger partial charge on any atom is -0.478 e. The summed E-state index contributed by atoms with van der Waals surface area (Å²) in [6.07, 6.45) is 1.61. The molecule has 0 amide bonds. The van der Waals surface area contributed by atoms with E-state index < -0.39 is 18.0 Å². The van der Waals surface area contributed by atoms with Crippen molar-refractivity contribution >= 4 is 41.0 Å². The van der Waals surface area contributed by atoms with Crippen molar-refractivity contribution < 1.29 is 23.8 Å². The van der Waals surface area contributed by atoms with Gasteiger partial charge in [-0.05, 0) is 55.8 Å². The Bertz CT molecular complexity index is 1780. The van der Waals surface area contributed by atoms with Gasteiger partial charge >= 0.3 is 11.9 Å². The molecule has 1 aliphatic heterocycles. The molecule has 5 rings (SSSR count). The zero-order chi connectivity index (χ0) is 27.0. The summed E-state index contributed by atoms with van der Waals surface area (Å²) in [5.74, 6) is -0.698. The average molecular weight is 549 g/mol. The minimum absolute atomic E-state index is 0.142. The van der Waals surface area contributed by atoms with E-state index in [1.165, 1.54) is 28.0 Å². The van der Waals surface area contributed by atoms with Crippen molar-refractivity contribution in [3.63, 3.8) is 0 Å². The number of thiazole rings is 1. The molecular weight excluding hydrogens is 528 g/mol. The molecule has 0 unspecified atom stereocenters. The molecule has 0 saturated carbocycles. The van der Waals surface area contributed by atoms with Gasteiger partial charge in [0.15, 0.2) is 4.80 Å². The molecule has 1 atom stereocenters. The van der Waals surface area contributed by atoms with Crippen LogP contribution < -0.4 is 14.9 Å². The minimum atomic E-state index is -1.03. The predicted octanol–water partition coefficient (Wildman–Crippen LogP) is 4.41. The highest BCUT2D eigenvalue weighted by atomic mass is 35.5. The summed E-state index contributed by atoms with van der Waals surface area (Å²) in [6.45, 7) is 3.62. The standard InChI is InChI=1S/C28H21ClN2O6S/c1-3-36-27(35)23-15(2)30-28-31(24(23)16-7-9-19(29)10-8-16)25(32)22(38-28)14-20-11-12-21(37-20)17-5-4-6-18(13-17)26(33)34/h4-14,24H,3H2,1-2H3,(H,33,34)/b22-14+/t24-/m1/s1. The number of aromatic carboxylic acids is 1. The number of rotatable bonds is 6. The van der Waals surface area contributed by atoms with Crippen LogP contribution in [0.2, 0.25) is 5.02 Å². The topological polar surface area (TPSA) is 111 Å². The molecule has 0 radical (unpaired) electrons. The third-order valence-corrected chi connectivity index (χ3v) is 7.23. The second kappa shape index (κ2) is 10.3. The number of nitrogens with zero attached hydrogens (tertiary/aromatic N) is 2. The summed E-state index contributed by atoms with van der Waals surface area (Å²) in [4.78, 5) is 42.9. The normalized spacial score (nSPS) is 15.2. The zero-order valence-electron chi connectivity index (χ0n) is 20.3. The molecule has 1 aliphatic rings. The molecule has 4 aromatic rings. The summed E-state index contributed by atoms with van der Waals surface area (Å²) in [6, 6.07) is 16.0. The predicted molar refractivity (Wildman–Crippen MR) is 143 cm³/mol. The Balaban J connectivity index is 1.61. The molecule has 38 heavy (non-hydrogen) atoms. The molecule has 10 heteroatoms. The van der Waals surface area contributed by atoms with Crippen LogP contribution in [0.5, 0.6) is 0 Å². The number of halogens is 1. The second-order valence-electron chi connectivity index (χ2n) is 8.44. The fraction of sp³-hybridized carbons (Fsp3) is 0.143. The number of carbonyl (C=O) groups is 2. The van der Waals surface area contributed by atoms with E-state index in [2.05, 4.69) is 4.99 Å². The Morgan fingerprint density at radius 2 is 1.95 bits per heavy atom. The van der Waals surface area contributed by atoms with Crippen molar-refractivity contribution in [2.45, 2.75) is 19.9 Å². The number of hydrogen-bond donors (Lipinski definition) is 1. The SMILES string of the molecule is CCOC(=O)C1=C(C)N=c2s/c(=C/c3ccc(-c4cccc(C(=O)O)c4)o3)c(=O)n2[C@@H]1c1ccc(Cl)cc1. The number of benzene rings is 2. The third kappa shape index (κ3) is 4.73. The summed E-state index contributed by atoms with van der Waals surface area (Å²) >= 11 is 7.27. The van der Waals surface area contributed by atoms with Gasteiger partial charge in [0.2, 0.25) is 0 Å². The van der Waals surface area contributed by atoms with E-state index in [0.29, 0.717) is 42.7 Å². The van der Waals surface area contributed by atoms with Crippen molar-refractivity contribution in [1.29, 1.82) is 0 Å². The lowest BCUT2D eigenvalue weighted by molar-refractivity contribution is -0.139. The van der Waals surface area contributed by atoms with Crippen LogP contribution >= 0.6 is 22.9 Å². The molecule has 2 aromatic carbocycles. The highest BCUT2D eigenvalue weighted by molar-refractivity contribution is 7.07. The van der Waals surface area contributed by atoms with Gasteiger partial charge in [0.05, 0.1) is 34.0 Å². The van der Waals surface area contributed by atoms with Gasteiger partial charge in [0, 0.05) is 16.7 Å². The van der Waals surface area contributed by atoms with E-state index in [1.807, 2.05) is 0 Å². The van der Waals surface area contributed by atoms with Gasteiger partial charge < -0.3 is 14.3 Å². The van der Waals surface area contributed by atoms with Crippen molar-refractivity contribution in [3.8, 4) is 11.3 Å². The Labute approximate surface area is 225 Å². The molecule has 0 spiro atoms. The van der Waals surface area contributed by atoms with Crippen LogP contribution in [-0.2, 0) is 9.53 Å². The Kier molecular flexibility index (Phi) is 6.88.